The van der Waals surface area contributed by atoms with Crippen molar-refractivity contribution in [2.75, 3.05) is 0 Å². The van der Waals surface area contributed by atoms with E-state index in [1.54, 1.807) is 6.20 Å². The lowest BCUT2D eigenvalue weighted by molar-refractivity contribution is 0.244. The molecule has 0 N–H and O–H groups in total. The van der Waals surface area contributed by atoms with Crippen LogP contribution >= 0.6 is 0 Å². The van der Waals surface area contributed by atoms with Gasteiger partial charge in [-0.25, -0.2) is 0 Å². The van der Waals surface area contributed by atoms with Crippen LogP contribution in [-0.2, 0) is 19.6 Å². The molecule has 1 aliphatic rings. The quantitative estimate of drug-likeness (QED) is 0.142. The minimum atomic E-state index is 0.348. The summed E-state index contributed by atoms with van der Waals surface area (Å²) in [6, 6.07) is 12.8. The topological polar surface area (TPSA) is 71.3 Å². The first kappa shape index (κ1) is 46.4. The van der Waals surface area contributed by atoms with Gasteiger partial charge in [0, 0.05) is 85.9 Å². The minimum absolute atomic E-state index is 0.348. The summed E-state index contributed by atoms with van der Waals surface area (Å²) in [5, 5.41) is 13.2. The van der Waals surface area contributed by atoms with Gasteiger partial charge in [-0.2, -0.15) is 15.3 Å². The maximum atomic E-state index is 4.58. The molecule has 1 atom stereocenters. The highest BCUT2D eigenvalue weighted by atomic mass is 15.3. The highest BCUT2D eigenvalue weighted by molar-refractivity contribution is 5.60. The van der Waals surface area contributed by atoms with E-state index >= 15 is 0 Å². The summed E-state index contributed by atoms with van der Waals surface area (Å²) in [5.74, 6) is 0. The maximum absolute atomic E-state index is 4.58. The molecule has 5 aromatic heterocycles. The smallest absolute Gasteiger partial charge is 0.0596 e. The Balaban J connectivity index is 0.000000204. The van der Waals surface area contributed by atoms with Gasteiger partial charge >= 0.3 is 0 Å². The molecule has 6 rings (SSSR count). The van der Waals surface area contributed by atoms with E-state index < -0.39 is 0 Å². The zero-order valence-corrected chi connectivity index (χ0v) is 38.1. The van der Waals surface area contributed by atoms with Gasteiger partial charge in [-0.05, 0) is 117 Å². The number of aryl methyl sites for hydroxylation is 4. The van der Waals surface area contributed by atoms with E-state index in [2.05, 4.69) is 176 Å². The van der Waals surface area contributed by atoms with E-state index in [1.165, 1.54) is 31.4 Å². The molecule has 56 heavy (non-hydrogen) atoms. The van der Waals surface area contributed by atoms with Crippen LogP contribution in [0.15, 0.2) is 86.0 Å². The van der Waals surface area contributed by atoms with Crippen molar-refractivity contribution >= 4 is 0 Å². The average Bonchev–Trinajstić information content (AvgIpc) is 3.66. The number of rotatable bonds is 10. The standard InChI is InChI=1S/C14H19N3.C14H24N2.C10H18N2.C10H17N/c1-14(2,3)6-8-17-11-13(10-16-17)12-5-4-7-15-9-12;1-11-8-12(2)16(15-11)10-14(6-7-14)9-13(3,4)5;1-9(8-10(2,3)4)12-7-5-6-11-12;1-10(2,3)6-9-11-7-4-5-8-11/h4-5,7,9-11H,6,8H2,1-3H3;8H,6-7,9-10H2,1-5H3;5-7,9H,8H2,1-4H3;4-5,7-8H,6,9H2,1-3H3. The third-order valence-electron chi connectivity index (χ3n) is 9.84. The Morgan fingerprint density at radius 3 is 1.82 bits per heavy atom. The molecule has 8 nitrogen and oxygen atoms in total. The second kappa shape index (κ2) is 20.0. The van der Waals surface area contributed by atoms with Crippen LogP contribution in [0.5, 0.6) is 0 Å². The van der Waals surface area contributed by atoms with Crippen LogP contribution in [0.2, 0.25) is 0 Å². The normalized spacial score (nSPS) is 14.4. The average molecular weight is 767 g/mol. The fourth-order valence-corrected chi connectivity index (χ4v) is 6.97. The van der Waals surface area contributed by atoms with Crippen molar-refractivity contribution in [3.05, 3.63) is 97.4 Å². The lowest BCUT2D eigenvalue weighted by Crippen LogP contribution is -2.20. The van der Waals surface area contributed by atoms with E-state index in [4.69, 9.17) is 0 Å². The molecule has 8 heteroatoms. The lowest BCUT2D eigenvalue weighted by Gasteiger charge is -2.26. The molecule has 0 spiro atoms. The molecule has 1 unspecified atom stereocenters. The van der Waals surface area contributed by atoms with E-state index in [-0.39, 0.29) is 0 Å². The molecular formula is C48H78N8. The predicted octanol–water partition coefficient (Wildman–Crippen LogP) is 12.9. The summed E-state index contributed by atoms with van der Waals surface area (Å²) in [6.07, 6.45) is 23.3. The van der Waals surface area contributed by atoms with Crippen LogP contribution in [0.3, 0.4) is 0 Å². The molecule has 0 amide bonds. The highest BCUT2D eigenvalue weighted by Crippen LogP contribution is 2.54. The molecule has 5 aromatic rings. The molecular weight excluding hydrogens is 689 g/mol. The van der Waals surface area contributed by atoms with Gasteiger partial charge in [0.15, 0.2) is 0 Å². The van der Waals surface area contributed by atoms with Crippen molar-refractivity contribution < 1.29 is 0 Å². The zero-order valence-electron chi connectivity index (χ0n) is 38.1. The second-order valence-electron chi connectivity index (χ2n) is 21.2. The predicted molar refractivity (Wildman–Crippen MR) is 236 cm³/mol. The molecule has 1 aliphatic carbocycles. The molecule has 1 saturated carbocycles. The Morgan fingerprint density at radius 2 is 1.34 bits per heavy atom. The van der Waals surface area contributed by atoms with Gasteiger partial charge in [-0.3, -0.25) is 19.0 Å². The van der Waals surface area contributed by atoms with Crippen molar-refractivity contribution in [1.29, 1.82) is 0 Å². The SMILES string of the molecule is CC(C)(C)CCn1cc(-c2cccnc2)cn1.CC(C)(C)CCn1cccc1.CC(CC(C)(C)C)n1cccn1.Cc1cc(C)n(CC2(CC(C)(C)C)CC2)n1. The zero-order chi connectivity index (χ0) is 41.8. The van der Waals surface area contributed by atoms with Crippen LogP contribution in [-0.4, -0.2) is 38.9 Å². The van der Waals surface area contributed by atoms with Crippen molar-refractivity contribution in [2.45, 2.75) is 168 Å². The number of pyridine rings is 1. The van der Waals surface area contributed by atoms with E-state index in [0.717, 1.165) is 49.3 Å². The van der Waals surface area contributed by atoms with Crippen LogP contribution in [0.1, 0.15) is 146 Å². The van der Waals surface area contributed by atoms with E-state index in [9.17, 15) is 0 Å². The maximum Gasteiger partial charge on any atom is 0.0596 e. The van der Waals surface area contributed by atoms with E-state index in [1.807, 2.05) is 46.3 Å². The summed E-state index contributed by atoms with van der Waals surface area (Å²) < 4.78 is 8.46. The Hall–Kier alpha value is -3.94. The van der Waals surface area contributed by atoms with Crippen molar-refractivity contribution in [2.24, 2.45) is 27.1 Å². The van der Waals surface area contributed by atoms with Crippen molar-refractivity contribution in [3.63, 3.8) is 0 Å². The first-order valence-electron chi connectivity index (χ1n) is 20.9. The molecule has 5 heterocycles. The molecule has 0 radical (unpaired) electrons. The Morgan fingerprint density at radius 1 is 0.696 bits per heavy atom. The van der Waals surface area contributed by atoms with Gasteiger partial charge in [0.25, 0.3) is 0 Å². The highest BCUT2D eigenvalue weighted by Gasteiger charge is 2.45. The minimum Gasteiger partial charge on any atom is -0.354 e. The fourth-order valence-electron chi connectivity index (χ4n) is 6.97. The molecule has 1 fully saturated rings. The third-order valence-corrected chi connectivity index (χ3v) is 9.84. The summed E-state index contributed by atoms with van der Waals surface area (Å²) in [7, 11) is 0. The summed E-state index contributed by atoms with van der Waals surface area (Å²) >= 11 is 0. The van der Waals surface area contributed by atoms with Crippen LogP contribution < -0.4 is 0 Å². The Bertz CT molecular complexity index is 1780. The molecule has 310 valence electrons. The van der Waals surface area contributed by atoms with Gasteiger partial charge in [0.2, 0.25) is 0 Å². The van der Waals surface area contributed by atoms with Crippen LogP contribution in [0.4, 0.5) is 0 Å². The summed E-state index contributed by atoms with van der Waals surface area (Å²) in [6.45, 7) is 37.0. The van der Waals surface area contributed by atoms with E-state index in [0.29, 0.717) is 33.1 Å². The number of nitrogens with zero attached hydrogens (tertiary/aromatic N) is 8. The molecule has 0 aromatic carbocycles. The summed E-state index contributed by atoms with van der Waals surface area (Å²) in [4.78, 5) is 4.12. The number of aromatic nitrogens is 8. The number of hydrogen-bond donors (Lipinski definition) is 0. The molecule has 0 bridgehead atoms. The van der Waals surface area contributed by atoms with Crippen molar-refractivity contribution in [3.8, 4) is 11.1 Å². The van der Waals surface area contributed by atoms with Crippen LogP contribution in [0.25, 0.3) is 11.1 Å². The van der Waals surface area contributed by atoms with Gasteiger partial charge < -0.3 is 4.57 Å². The fraction of sp³-hybridized carbons (Fsp3) is 0.625. The van der Waals surface area contributed by atoms with Gasteiger partial charge in [0.1, 0.15) is 0 Å². The van der Waals surface area contributed by atoms with Gasteiger partial charge in [0.05, 0.1) is 11.9 Å². The van der Waals surface area contributed by atoms with Crippen LogP contribution in [0, 0.1) is 40.9 Å². The lowest BCUT2D eigenvalue weighted by atomic mass is 9.82. The monoisotopic (exact) mass is 767 g/mol. The molecule has 0 aliphatic heterocycles. The van der Waals surface area contributed by atoms with Gasteiger partial charge in [-0.1, -0.05) is 89.2 Å². The molecule has 0 saturated heterocycles. The Kier molecular flexibility index (Phi) is 16.6. The Labute approximate surface area is 341 Å². The first-order valence-corrected chi connectivity index (χ1v) is 20.9. The number of hydrogen-bond acceptors (Lipinski definition) is 4. The first-order chi connectivity index (χ1) is 25.9. The van der Waals surface area contributed by atoms with Gasteiger partial charge in [-0.15, -0.1) is 0 Å². The largest absolute Gasteiger partial charge is 0.354 e. The second-order valence-corrected chi connectivity index (χ2v) is 21.2. The third kappa shape index (κ3) is 18.8. The van der Waals surface area contributed by atoms with Crippen molar-refractivity contribution in [1.82, 2.24) is 38.9 Å². The summed E-state index contributed by atoms with van der Waals surface area (Å²) in [5.41, 5.74) is 6.85.